The average molecular weight is 185 g/mol. The molecule has 1 atom stereocenters. The second kappa shape index (κ2) is 5.61. The van der Waals surface area contributed by atoms with E-state index in [2.05, 4.69) is 6.92 Å². The maximum Gasteiger partial charge on any atom is 0.0665 e. The lowest BCUT2D eigenvalue weighted by Crippen LogP contribution is -2.25. The molecule has 0 aromatic carbocycles. The predicted octanol–water partition coefficient (Wildman–Crippen LogP) is 1.91. The van der Waals surface area contributed by atoms with Crippen LogP contribution in [0.15, 0.2) is 0 Å². The Kier molecular flexibility index (Phi) is 4.74. The molecule has 1 saturated carbocycles. The molecule has 3 N–H and O–H groups in total. The zero-order valence-electron chi connectivity index (χ0n) is 8.71. The van der Waals surface area contributed by atoms with Gasteiger partial charge in [0.1, 0.15) is 0 Å². The highest BCUT2D eigenvalue weighted by molar-refractivity contribution is 4.74. The first-order valence-electron chi connectivity index (χ1n) is 5.64. The molecule has 1 fully saturated rings. The minimum Gasteiger partial charge on any atom is -0.392 e. The molecule has 0 heterocycles. The van der Waals surface area contributed by atoms with E-state index in [-0.39, 0.29) is 6.10 Å². The molecular weight excluding hydrogens is 162 g/mol. The maximum atomic E-state index is 9.41. The lowest BCUT2D eigenvalue weighted by molar-refractivity contribution is 0.128. The van der Waals surface area contributed by atoms with E-state index in [4.69, 9.17) is 5.73 Å². The van der Waals surface area contributed by atoms with E-state index in [1.807, 2.05) is 0 Å². The molecule has 78 valence electrons. The van der Waals surface area contributed by atoms with Crippen molar-refractivity contribution in [3.8, 4) is 0 Å². The predicted molar refractivity (Wildman–Crippen MR) is 55.4 cm³/mol. The Labute approximate surface area is 81.5 Å². The first-order chi connectivity index (χ1) is 6.26. The molecule has 0 aromatic rings. The summed E-state index contributed by atoms with van der Waals surface area (Å²) in [6.45, 7) is 2.70. The van der Waals surface area contributed by atoms with Crippen LogP contribution in [0.3, 0.4) is 0 Å². The number of hydrogen-bond acceptors (Lipinski definition) is 2. The Hall–Kier alpha value is -0.0800. The van der Waals surface area contributed by atoms with Crippen LogP contribution in [0, 0.1) is 11.8 Å². The summed E-state index contributed by atoms with van der Waals surface area (Å²) in [5, 5.41) is 9.41. The van der Waals surface area contributed by atoms with Gasteiger partial charge in [-0.25, -0.2) is 0 Å². The van der Waals surface area contributed by atoms with E-state index in [9.17, 15) is 5.11 Å². The van der Waals surface area contributed by atoms with Crippen LogP contribution >= 0.6 is 0 Å². The summed E-state index contributed by atoms with van der Waals surface area (Å²) in [6.07, 6.45) is 7.31. The summed E-state index contributed by atoms with van der Waals surface area (Å²) in [4.78, 5) is 0. The summed E-state index contributed by atoms with van der Waals surface area (Å²) in [5.74, 6) is 1.69. The molecule has 1 aliphatic rings. The third-order valence-electron chi connectivity index (χ3n) is 3.42. The number of hydrogen-bond donors (Lipinski definition) is 2. The van der Waals surface area contributed by atoms with Crippen molar-refractivity contribution in [3.05, 3.63) is 0 Å². The fraction of sp³-hybridized carbons (Fsp3) is 1.00. The topological polar surface area (TPSA) is 46.2 Å². The van der Waals surface area contributed by atoms with Crippen molar-refractivity contribution in [1.82, 2.24) is 0 Å². The molecule has 0 aromatic heterocycles. The summed E-state index contributed by atoms with van der Waals surface area (Å²) in [6, 6.07) is 0. The quantitative estimate of drug-likeness (QED) is 0.703. The minimum atomic E-state index is -0.261. The Balaban J connectivity index is 2.17. The molecule has 1 aliphatic carbocycles. The van der Waals surface area contributed by atoms with Gasteiger partial charge in [0.2, 0.25) is 0 Å². The molecule has 1 unspecified atom stereocenters. The number of aliphatic hydroxyl groups is 1. The minimum absolute atomic E-state index is 0.261. The van der Waals surface area contributed by atoms with Crippen LogP contribution in [0.25, 0.3) is 0 Å². The van der Waals surface area contributed by atoms with Crippen LogP contribution in [-0.4, -0.2) is 17.8 Å². The molecule has 0 aliphatic heterocycles. The van der Waals surface area contributed by atoms with E-state index < -0.39 is 0 Å². The van der Waals surface area contributed by atoms with E-state index >= 15 is 0 Å². The van der Waals surface area contributed by atoms with Crippen molar-refractivity contribution in [2.24, 2.45) is 17.6 Å². The van der Waals surface area contributed by atoms with E-state index in [1.54, 1.807) is 0 Å². The average Bonchev–Trinajstić information content (AvgIpc) is 2.19. The van der Waals surface area contributed by atoms with Crippen LogP contribution in [-0.2, 0) is 0 Å². The summed E-state index contributed by atoms with van der Waals surface area (Å²) < 4.78 is 0. The summed E-state index contributed by atoms with van der Waals surface area (Å²) in [5.41, 5.74) is 5.39. The highest BCUT2D eigenvalue weighted by Crippen LogP contribution is 2.32. The number of nitrogens with two attached hydrogens (primary N) is 1. The third kappa shape index (κ3) is 3.65. The largest absolute Gasteiger partial charge is 0.392 e. The van der Waals surface area contributed by atoms with Crippen molar-refractivity contribution in [2.45, 2.75) is 51.6 Å². The molecule has 2 nitrogen and oxygen atoms in total. The van der Waals surface area contributed by atoms with Crippen LogP contribution in [0.5, 0.6) is 0 Å². The lowest BCUT2D eigenvalue weighted by atomic mass is 9.79. The molecule has 1 rings (SSSR count). The number of rotatable bonds is 4. The van der Waals surface area contributed by atoms with Crippen molar-refractivity contribution >= 4 is 0 Å². The fourth-order valence-corrected chi connectivity index (χ4v) is 2.36. The van der Waals surface area contributed by atoms with Crippen LogP contribution in [0.2, 0.25) is 0 Å². The molecule has 0 saturated heterocycles. The second-order valence-corrected chi connectivity index (χ2v) is 4.42. The smallest absolute Gasteiger partial charge is 0.0665 e. The van der Waals surface area contributed by atoms with E-state index in [0.29, 0.717) is 6.54 Å². The first-order valence-corrected chi connectivity index (χ1v) is 5.64. The number of aliphatic hydroxyl groups excluding tert-OH is 1. The van der Waals surface area contributed by atoms with Crippen LogP contribution < -0.4 is 5.73 Å². The van der Waals surface area contributed by atoms with Gasteiger partial charge in [-0.15, -0.1) is 0 Å². The summed E-state index contributed by atoms with van der Waals surface area (Å²) >= 11 is 0. The Morgan fingerprint density at radius 1 is 1.23 bits per heavy atom. The zero-order chi connectivity index (χ0) is 9.68. The maximum absolute atomic E-state index is 9.41. The van der Waals surface area contributed by atoms with Crippen molar-refractivity contribution in [1.29, 1.82) is 0 Å². The van der Waals surface area contributed by atoms with Crippen molar-refractivity contribution < 1.29 is 5.11 Å². The zero-order valence-corrected chi connectivity index (χ0v) is 8.71. The monoisotopic (exact) mass is 185 g/mol. The standard InChI is InChI=1S/C11H23NO/c1-2-9-3-5-10(6-4-9)7-11(13)8-12/h9-11,13H,2-8,12H2,1H3. The van der Waals surface area contributed by atoms with Gasteiger partial charge in [0.05, 0.1) is 6.10 Å². The van der Waals surface area contributed by atoms with Gasteiger partial charge in [-0.1, -0.05) is 39.0 Å². The summed E-state index contributed by atoms with van der Waals surface area (Å²) in [7, 11) is 0. The van der Waals surface area contributed by atoms with E-state index in [1.165, 1.54) is 32.1 Å². The third-order valence-corrected chi connectivity index (χ3v) is 3.42. The van der Waals surface area contributed by atoms with Crippen LogP contribution in [0.1, 0.15) is 45.4 Å². The lowest BCUT2D eigenvalue weighted by Gasteiger charge is -2.28. The molecule has 2 heteroatoms. The van der Waals surface area contributed by atoms with Crippen molar-refractivity contribution in [2.75, 3.05) is 6.54 Å². The molecule has 0 amide bonds. The molecular formula is C11H23NO. The highest BCUT2D eigenvalue weighted by atomic mass is 16.3. The van der Waals surface area contributed by atoms with Gasteiger partial charge in [-0.05, 0) is 18.3 Å². The normalized spacial score (nSPS) is 31.6. The van der Waals surface area contributed by atoms with Gasteiger partial charge in [0, 0.05) is 6.54 Å². The SMILES string of the molecule is CCC1CCC(CC(O)CN)CC1. The van der Waals surface area contributed by atoms with Gasteiger partial charge in [0.15, 0.2) is 0 Å². The van der Waals surface area contributed by atoms with Gasteiger partial charge in [-0.3, -0.25) is 0 Å². The van der Waals surface area contributed by atoms with Gasteiger partial charge >= 0.3 is 0 Å². The van der Waals surface area contributed by atoms with Gasteiger partial charge < -0.3 is 10.8 Å². The van der Waals surface area contributed by atoms with Gasteiger partial charge in [0.25, 0.3) is 0 Å². The van der Waals surface area contributed by atoms with Gasteiger partial charge in [-0.2, -0.15) is 0 Å². The molecule has 0 radical (unpaired) electrons. The Bertz CT molecular complexity index is 130. The second-order valence-electron chi connectivity index (χ2n) is 4.42. The molecule has 13 heavy (non-hydrogen) atoms. The Morgan fingerprint density at radius 3 is 2.23 bits per heavy atom. The molecule has 0 spiro atoms. The van der Waals surface area contributed by atoms with Crippen molar-refractivity contribution in [3.63, 3.8) is 0 Å². The van der Waals surface area contributed by atoms with Crippen LogP contribution in [0.4, 0.5) is 0 Å². The first kappa shape index (κ1) is 11.0. The van der Waals surface area contributed by atoms with E-state index in [0.717, 1.165) is 18.3 Å². The fourth-order valence-electron chi connectivity index (χ4n) is 2.36. The Morgan fingerprint density at radius 2 is 1.77 bits per heavy atom. The molecule has 0 bridgehead atoms. The highest BCUT2D eigenvalue weighted by Gasteiger charge is 2.21.